The Hall–Kier alpha value is -0.606. The second-order valence-corrected chi connectivity index (χ2v) is 3.22. The van der Waals surface area contributed by atoms with Crippen LogP contribution >= 0.6 is 0 Å². The molecule has 94 valence electrons. The Bertz CT molecular complexity index is 203. The Morgan fingerprint density at radius 3 is 1.29 bits per heavy atom. The molecule has 0 fully saturated rings. The fraction of sp³-hybridized carbons (Fsp3) is 0.667. The molecule has 0 amide bonds. The molecule has 0 aromatic heterocycles. The van der Waals surface area contributed by atoms with Gasteiger partial charge in [-0.1, -0.05) is 26.7 Å². The molecule has 0 radical (unpaired) electrons. The third-order valence-electron chi connectivity index (χ3n) is 1.60. The summed E-state index contributed by atoms with van der Waals surface area (Å²) in [7, 11) is 0. The minimum absolute atomic E-state index is 0. The first-order valence-corrected chi connectivity index (χ1v) is 5.35. The summed E-state index contributed by atoms with van der Waals surface area (Å²) in [6.45, 7) is 3.81. The van der Waals surface area contributed by atoms with Crippen molar-refractivity contribution in [2.75, 3.05) is 0 Å². The molecular formula is C12H18O4Ti. The van der Waals surface area contributed by atoms with Crippen molar-refractivity contribution in [1.82, 2.24) is 0 Å². The summed E-state index contributed by atoms with van der Waals surface area (Å²) in [5.41, 5.74) is 0. The molecule has 0 atom stereocenters. The number of Topliss-reactive ketones (excluding diaryl/α,β-unsaturated/α-hetero) is 2. The molecule has 5 heteroatoms. The first-order valence-electron chi connectivity index (χ1n) is 5.35. The molecule has 0 saturated carbocycles. The zero-order valence-corrected chi connectivity index (χ0v) is 11.9. The van der Waals surface area contributed by atoms with Crippen LogP contribution in [0.3, 0.4) is 0 Å². The van der Waals surface area contributed by atoms with Crippen molar-refractivity contribution in [2.24, 2.45) is 0 Å². The average molecular weight is 274 g/mol. The third kappa shape index (κ3) is 21.3. The van der Waals surface area contributed by atoms with Gasteiger partial charge >= 0.3 is 21.7 Å². The van der Waals surface area contributed by atoms with Crippen LogP contribution in [0.5, 0.6) is 0 Å². The van der Waals surface area contributed by atoms with Crippen LogP contribution in [-0.4, -0.2) is 24.1 Å². The summed E-state index contributed by atoms with van der Waals surface area (Å²) >= 11 is 0. The maximum atomic E-state index is 10.4. The second-order valence-electron chi connectivity index (χ2n) is 3.22. The van der Waals surface area contributed by atoms with Gasteiger partial charge in [-0.05, 0) is 12.8 Å². The van der Waals surface area contributed by atoms with Crippen molar-refractivity contribution in [1.29, 1.82) is 0 Å². The minimum atomic E-state index is -0.0339. The first kappa shape index (κ1) is 21.7. The molecule has 0 aromatic carbocycles. The Morgan fingerprint density at radius 1 is 0.824 bits per heavy atom. The monoisotopic (exact) mass is 274 g/mol. The molecule has 17 heavy (non-hydrogen) atoms. The summed E-state index contributed by atoms with van der Waals surface area (Å²) in [5.74, 6) is -0.0231. The normalized spacial score (nSPS) is 8.12. The Balaban J connectivity index is -0.000000218. The molecule has 0 heterocycles. The molecule has 0 unspecified atom stereocenters. The SMILES string of the molecule is CCCC(=O)C[C-]=O.CCCC(=O)C[C-]=O.[Ti+2]. The van der Waals surface area contributed by atoms with Gasteiger partial charge in [0.1, 0.15) is 11.6 Å². The minimum Gasteiger partial charge on any atom is -0.541 e. The van der Waals surface area contributed by atoms with Gasteiger partial charge in [-0.15, -0.1) is 0 Å². The fourth-order valence-electron chi connectivity index (χ4n) is 0.895. The van der Waals surface area contributed by atoms with Crippen molar-refractivity contribution < 1.29 is 40.9 Å². The summed E-state index contributed by atoms with van der Waals surface area (Å²) in [6, 6.07) is 0. The van der Waals surface area contributed by atoms with E-state index in [0.29, 0.717) is 12.8 Å². The van der Waals surface area contributed by atoms with Gasteiger partial charge in [-0.3, -0.25) is 12.6 Å². The van der Waals surface area contributed by atoms with Gasteiger partial charge in [0.2, 0.25) is 0 Å². The van der Waals surface area contributed by atoms with E-state index in [1.54, 1.807) is 12.6 Å². The van der Waals surface area contributed by atoms with Crippen molar-refractivity contribution in [2.45, 2.75) is 52.4 Å². The molecular weight excluding hydrogens is 256 g/mol. The van der Waals surface area contributed by atoms with Gasteiger partial charge in [0.15, 0.2) is 0 Å². The fourth-order valence-corrected chi connectivity index (χ4v) is 0.895. The maximum absolute atomic E-state index is 10.4. The average Bonchev–Trinajstić information content (AvgIpc) is 2.20. The number of hydrogen-bond acceptors (Lipinski definition) is 4. The van der Waals surface area contributed by atoms with E-state index in [1.807, 2.05) is 13.8 Å². The molecule has 0 aromatic rings. The van der Waals surface area contributed by atoms with E-state index in [0.717, 1.165) is 12.8 Å². The second kappa shape index (κ2) is 17.8. The van der Waals surface area contributed by atoms with Crippen molar-refractivity contribution in [3.05, 3.63) is 0 Å². The number of rotatable bonds is 8. The quantitative estimate of drug-likeness (QED) is 0.384. The van der Waals surface area contributed by atoms with Gasteiger partial charge in [0.05, 0.1) is 0 Å². The topological polar surface area (TPSA) is 68.3 Å². The van der Waals surface area contributed by atoms with E-state index in [-0.39, 0.29) is 46.1 Å². The van der Waals surface area contributed by atoms with Crippen LogP contribution in [0.4, 0.5) is 0 Å². The number of carbonyl (C=O) groups is 2. The van der Waals surface area contributed by atoms with Gasteiger partial charge in [0, 0.05) is 12.8 Å². The Morgan fingerprint density at radius 2 is 1.12 bits per heavy atom. The van der Waals surface area contributed by atoms with E-state index in [1.165, 1.54) is 0 Å². The largest absolute Gasteiger partial charge is 2.00 e. The van der Waals surface area contributed by atoms with Crippen LogP contribution < -0.4 is 0 Å². The molecule has 0 saturated heterocycles. The number of ketones is 2. The van der Waals surface area contributed by atoms with Crippen molar-refractivity contribution in [3.8, 4) is 0 Å². The summed E-state index contributed by atoms with van der Waals surface area (Å²) in [4.78, 5) is 39.8. The van der Waals surface area contributed by atoms with Crippen molar-refractivity contribution >= 4 is 24.1 Å². The maximum Gasteiger partial charge on any atom is 2.00 e. The standard InChI is InChI=1S/2C6H9O2.Ti/c2*1-2-3-6(8)4-5-7;/h2*2-4H2,1H3;/q2*-1;+2. The van der Waals surface area contributed by atoms with E-state index in [2.05, 4.69) is 0 Å². The smallest absolute Gasteiger partial charge is 0.541 e. The summed E-state index contributed by atoms with van der Waals surface area (Å²) in [5, 5.41) is 0. The summed E-state index contributed by atoms with van der Waals surface area (Å²) in [6.07, 6.45) is 5.70. The summed E-state index contributed by atoms with van der Waals surface area (Å²) < 4.78 is 0. The van der Waals surface area contributed by atoms with E-state index >= 15 is 0 Å². The molecule has 0 aliphatic rings. The predicted octanol–water partition coefficient (Wildman–Crippen LogP) is 1.71. The van der Waals surface area contributed by atoms with Crippen molar-refractivity contribution in [3.63, 3.8) is 0 Å². The molecule has 0 aliphatic heterocycles. The van der Waals surface area contributed by atoms with Crippen LogP contribution in [-0.2, 0) is 40.9 Å². The van der Waals surface area contributed by atoms with Crippen LogP contribution in [0, 0.1) is 0 Å². The molecule has 0 rings (SSSR count). The third-order valence-corrected chi connectivity index (χ3v) is 1.60. The Labute approximate surface area is 117 Å². The molecule has 0 N–H and O–H groups in total. The van der Waals surface area contributed by atoms with E-state index < -0.39 is 0 Å². The van der Waals surface area contributed by atoms with Gasteiger partial charge in [-0.2, -0.15) is 0 Å². The first-order chi connectivity index (χ1) is 7.62. The molecule has 4 nitrogen and oxygen atoms in total. The zero-order chi connectivity index (χ0) is 12.8. The number of carbonyl (C=O) groups excluding carboxylic acids is 4. The van der Waals surface area contributed by atoms with Gasteiger partial charge < -0.3 is 19.2 Å². The van der Waals surface area contributed by atoms with Crippen LogP contribution in [0.15, 0.2) is 0 Å². The number of hydrogen-bond donors (Lipinski definition) is 0. The molecule has 0 spiro atoms. The Kier molecular flexibility index (Phi) is 22.6. The molecule has 0 bridgehead atoms. The zero-order valence-electron chi connectivity index (χ0n) is 10.4. The van der Waals surface area contributed by atoms with Crippen LogP contribution in [0.1, 0.15) is 52.4 Å². The van der Waals surface area contributed by atoms with Crippen LogP contribution in [0.25, 0.3) is 0 Å². The van der Waals surface area contributed by atoms with Gasteiger partial charge in [-0.25, -0.2) is 0 Å². The molecule has 0 aliphatic carbocycles. The van der Waals surface area contributed by atoms with E-state index in [9.17, 15) is 19.2 Å². The van der Waals surface area contributed by atoms with E-state index in [4.69, 9.17) is 0 Å². The van der Waals surface area contributed by atoms with Gasteiger partial charge in [0.25, 0.3) is 0 Å². The van der Waals surface area contributed by atoms with Crippen LogP contribution in [0.2, 0.25) is 0 Å². The predicted molar refractivity (Wildman–Crippen MR) is 60.5 cm³/mol.